The lowest BCUT2D eigenvalue weighted by Gasteiger charge is -2.22. The molecule has 59 heavy (non-hydrogen) atoms. The second kappa shape index (κ2) is 20.0. The topological polar surface area (TPSA) is 156 Å². The average molecular weight is 802 g/mol. The first-order valence-corrected chi connectivity index (χ1v) is 20.8. The lowest BCUT2D eigenvalue weighted by molar-refractivity contribution is -0.132. The van der Waals surface area contributed by atoms with E-state index in [0.29, 0.717) is 67.6 Å². The minimum absolute atomic E-state index is 0.0213. The van der Waals surface area contributed by atoms with E-state index < -0.39 is 12.2 Å². The zero-order valence-corrected chi connectivity index (χ0v) is 33.6. The third-order valence-corrected chi connectivity index (χ3v) is 11.6. The smallest absolute Gasteiger partial charge is 0.411 e. The molecule has 12 heteroatoms. The van der Waals surface area contributed by atoms with Crippen molar-refractivity contribution in [2.24, 2.45) is 11.8 Å². The number of hydrogen-bond acceptors (Lipinski definition) is 9. The van der Waals surface area contributed by atoms with E-state index in [9.17, 15) is 24.6 Å². The number of hydrogen-bond donors (Lipinski definition) is 5. The van der Waals surface area contributed by atoms with Gasteiger partial charge in [-0.2, -0.15) is 0 Å². The van der Waals surface area contributed by atoms with Crippen LogP contribution in [-0.4, -0.2) is 95.6 Å². The van der Waals surface area contributed by atoms with Gasteiger partial charge in [-0.25, -0.2) is 4.79 Å². The van der Waals surface area contributed by atoms with Gasteiger partial charge in [0.1, 0.15) is 11.9 Å². The molecule has 1 saturated heterocycles. The van der Waals surface area contributed by atoms with Crippen molar-refractivity contribution in [1.29, 1.82) is 0 Å². The number of nitrogens with zero attached hydrogens (tertiary/aromatic N) is 2. The van der Waals surface area contributed by atoms with Crippen LogP contribution in [0, 0.1) is 11.8 Å². The summed E-state index contributed by atoms with van der Waals surface area (Å²) in [7, 11) is 0. The van der Waals surface area contributed by atoms with Gasteiger partial charge >= 0.3 is 6.09 Å². The Morgan fingerprint density at radius 1 is 0.898 bits per heavy atom. The van der Waals surface area contributed by atoms with E-state index in [4.69, 9.17) is 9.47 Å². The molecule has 1 saturated carbocycles. The number of carbonyl (C=O) groups is 2. The van der Waals surface area contributed by atoms with Crippen molar-refractivity contribution in [3.63, 3.8) is 0 Å². The second-order valence-electron chi connectivity index (χ2n) is 15.7. The number of likely N-dealkylation sites (tertiary alicyclic amines) is 1. The van der Waals surface area contributed by atoms with Crippen LogP contribution in [0.25, 0.3) is 22.0 Å². The van der Waals surface area contributed by atoms with Crippen molar-refractivity contribution in [2.45, 2.75) is 51.4 Å². The summed E-state index contributed by atoms with van der Waals surface area (Å²) in [6.07, 6.45) is 1.54. The molecule has 0 spiro atoms. The van der Waals surface area contributed by atoms with E-state index in [1.165, 1.54) is 23.3 Å². The predicted molar refractivity (Wildman–Crippen MR) is 229 cm³/mol. The van der Waals surface area contributed by atoms with Gasteiger partial charge < -0.3 is 34.9 Å². The highest BCUT2D eigenvalue weighted by Gasteiger charge is 2.42. The average Bonchev–Trinajstić information content (AvgIpc) is 3.79. The molecule has 1 unspecified atom stereocenters. The van der Waals surface area contributed by atoms with Crippen molar-refractivity contribution in [3.05, 3.63) is 130 Å². The number of aromatic amines is 1. The summed E-state index contributed by atoms with van der Waals surface area (Å²) in [4.78, 5) is 44.4. The van der Waals surface area contributed by atoms with Gasteiger partial charge in [-0.05, 0) is 78.5 Å². The molecule has 2 aliphatic rings. The summed E-state index contributed by atoms with van der Waals surface area (Å²) in [5.41, 5.74) is 5.79. The van der Waals surface area contributed by atoms with Crippen LogP contribution in [0.3, 0.4) is 0 Å². The number of nitrogens with one attached hydrogen (secondary N) is 3. The number of phenolic OH excluding ortho intramolecular Hbond substituents is 1. The number of para-hydroxylation sites is 1. The van der Waals surface area contributed by atoms with E-state index in [0.717, 1.165) is 55.7 Å². The number of H-pyrrole nitrogens is 1. The Labute approximate surface area is 345 Å². The van der Waals surface area contributed by atoms with Crippen LogP contribution in [0.15, 0.2) is 108 Å². The predicted octanol–water partition coefficient (Wildman–Crippen LogP) is 6.48. The van der Waals surface area contributed by atoms with Gasteiger partial charge in [-0.1, -0.05) is 78.9 Å². The van der Waals surface area contributed by atoms with Gasteiger partial charge in [0.2, 0.25) is 11.5 Å². The first-order valence-electron chi connectivity index (χ1n) is 20.8. The number of benzene rings is 4. The molecular formula is C47H55N5O7. The van der Waals surface area contributed by atoms with Crippen LogP contribution in [-0.2, 0) is 27.2 Å². The van der Waals surface area contributed by atoms with Gasteiger partial charge in [-0.15, -0.1) is 0 Å². The van der Waals surface area contributed by atoms with Gasteiger partial charge in [-0.3, -0.25) is 19.8 Å². The summed E-state index contributed by atoms with van der Waals surface area (Å²) < 4.78 is 11.8. The number of aromatic nitrogens is 1. The third-order valence-electron chi connectivity index (χ3n) is 11.6. The monoisotopic (exact) mass is 801 g/mol. The van der Waals surface area contributed by atoms with Crippen molar-refractivity contribution in [1.82, 2.24) is 20.1 Å². The fourth-order valence-corrected chi connectivity index (χ4v) is 8.57. The Morgan fingerprint density at radius 3 is 2.39 bits per heavy atom. The lowest BCUT2D eigenvalue weighted by atomic mass is 10.0. The number of aliphatic hydroxyl groups is 1. The Kier molecular flexibility index (Phi) is 14.1. The van der Waals surface area contributed by atoms with Gasteiger partial charge in [0.05, 0.1) is 36.9 Å². The van der Waals surface area contributed by atoms with Crippen molar-refractivity contribution in [2.75, 3.05) is 57.8 Å². The molecule has 2 amide bonds. The SMILES string of the molecule is CCN(CCNC[C@H](O)c1ccc(O)c2[nH]c(=O)ccc12)C(=O)CCOCCc1ccc(CN2C[C@H]3CC(OC(=O)Nc4ccccc4-c4ccccc4)C[C@H]3C2)cc1. The number of aromatic hydroxyl groups is 1. The maximum atomic E-state index is 12.9. The van der Waals surface area contributed by atoms with Crippen LogP contribution in [0.1, 0.15) is 49.0 Å². The van der Waals surface area contributed by atoms with Crippen LogP contribution < -0.4 is 16.2 Å². The molecule has 0 radical (unpaired) electrons. The second-order valence-corrected chi connectivity index (χ2v) is 15.7. The third kappa shape index (κ3) is 11.0. The Hall–Kier alpha value is -5.53. The first-order chi connectivity index (χ1) is 28.7. The standard InChI is InChI=1S/C47H55N5O7/c1-2-52(23-22-48-28-43(54)39-16-18-42(53)46-40(39)17-19-44(55)50-46)45(56)21-25-58-24-20-32-12-14-33(15-13-32)29-51-30-35-26-37(27-36(35)31-51)59-47(57)49-41-11-7-6-10-38(41)34-8-4-3-5-9-34/h3-19,35-37,43,48,53-54H,2,20-31H2,1H3,(H,49,57)(H,50,55)/t35-,36+,37?,43-/m0/s1. The van der Waals surface area contributed by atoms with Crippen LogP contribution in [0.5, 0.6) is 5.75 Å². The molecular weight excluding hydrogens is 747 g/mol. The summed E-state index contributed by atoms with van der Waals surface area (Å²) in [6, 6.07) is 32.6. The van der Waals surface area contributed by atoms with Crippen LogP contribution in [0.2, 0.25) is 0 Å². The summed E-state index contributed by atoms with van der Waals surface area (Å²) in [5, 5.41) is 27.7. The van der Waals surface area contributed by atoms with Crippen LogP contribution >= 0.6 is 0 Å². The van der Waals surface area contributed by atoms with Crippen molar-refractivity contribution in [3.8, 4) is 16.9 Å². The number of rotatable bonds is 18. The molecule has 12 nitrogen and oxygen atoms in total. The van der Waals surface area contributed by atoms with E-state index in [1.807, 2.05) is 61.5 Å². The highest BCUT2D eigenvalue weighted by atomic mass is 16.6. The van der Waals surface area contributed by atoms with Crippen molar-refractivity contribution < 1.29 is 29.3 Å². The van der Waals surface area contributed by atoms with Gasteiger partial charge in [0.15, 0.2) is 0 Å². The number of phenols is 1. The molecule has 4 aromatic carbocycles. The van der Waals surface area contributed by atoms with Crippen molar-refractivity contribution >= 4 is 28.6 Å². The number of aliphatic hydroxyl groups excluding tert-OH is 1. The van der Waals surface area contributed by atoms with E-state index >= 15 is 0 Å². The number of carbonyl (C=O) groups excluding carboxylic acids is 2. The number of pyridine rings is 1. The number of likely N-dealkylation sites (N-methyl/N-ethyl adjacent to an activating group) is 1. The fourth-order valence-electron chi connectivity index (χ4n) is 8.57. The van der Waals surface area contributed by atoms with Gasteiger partial charge in [0.25, 0.3) is 0 Å². The molecule has 1 aliphatic carbocycles. The zero-order chi connectivity index (χ0) is 41.1. The highest BCUT2D eigenvalue weighted by Crippen LogP contribution is 2.40. The largest absolute Gasteiger partial charge is 0.506 e. The fraction of sp³-hybridized carbons (Fsp3) is 0.383. The summed E-state index contributed by atoms with van der Waals surface area (Å²) in [6.45, 7) is 7.57. The minimum atomic E-state index is -0.863. The molecule has 0 bridgehead atoms. The number of fused-ring (bicyclic) bond motifs is 2. The molecule has 4 atom stereocenters. The molecule has 310 valence electrons. The van der Waals surface area contributed by atoms with Crippen LogP contribution in [0.4, 0.5) is 10.5 Å². The van der Waals surface area contributed by atoms with E-state index in [1.54, 1.807) is 17.0 Å². The molecule has 2 fully saturated rings. The normalized spacial score (nSPS) is 18.1. The van der Waals surface area contributed by atoms with Gasteiger partial charge in [0, 0.05) is 62.8 Å². The molecule has 5 aromatic rings. The molecule has 5 N–H and O–H groups in total. The molecule has 1 aromatic heterocycles. The Morgan fingerprint density at radius 2 is 1.63 bits per heavy atom. The minimum Gasteiger partial charge on any atom is -0.506 e. The summed E-state index contributed by atoms with van der Waals surface area (Å²) in [5.74, 6) is 1.03. The number of amides is 2. The van der Waals surface area contributed by atoms with E-state index in [2.05, 4.69) is 44.8 Å². The maximum absolute atomic E-state index is 12.9. The number of ether oxygens (including phenoxy) is 2. The lowest BCUT2D eigenvalue weighted by Crippen LogP contribution is -2.38. The zero-order valence-electron chi connectivity index (χ0n) is 33.6. The Balaban J connectivity index is 0.753. The Bertz CT molecular complexity index is 2220. The van der Waals surface area contributed by atoms with E-state index in [-0.39, 0.29) is 29.9 Å². The first kappa shape index (κ1) is 41.6. The molecule has 2 heterocycles. The molecule has 7 rings (SSSR count). The summed E-state index contributed by atoms with van der Waals surface area (Å²) >= 11 is 0. The maximum Gasteiger partial charge on any atom is 0.411 e. The molecule has 1 aliphatic heterocycles. The highest BCUT2D eigenvalue weighted by molar-refractivity contribution is 5.91. The quantitative estimate of drug-likeness (QED) is 0.0627. The number of anilines is 1.